The van der Waals surface area contributed by atoms with Gasteiger partial charge in [-0.1, -0.05) is 18.5 Å². The van der Waals surface area contributed by atoms with Gasteiger partial charge in [0.15, 0.2) is 5.75 Å². The zero-order valence-electron chi connectivity index (χ0n) is 12.2. The summed E-state index contributed by atoms with van der Waals surface area (Å²) < 4.78 is 5.39. The highest BCUT2D eigenvalue weighted by Crippen LogP contribution is 2.25. The van der Waals surface area contributed by atoms with Crippen LogP contribution >= 0.6 is 11.6 Å². The van der Waals surface area contributed by atoms with Crippen LogP contribution in [0.2, 0.25) is 5.02 Å². The molecule has 1 aromatic carbocycles. The van der Waals surface area contributed by atoms with E-state index >= 15 is 0 Å². The Bertz CT molecular complexity index is 858. The lowest BCUT2D eigenvalue weighted by Gasteiger charge is -2.07. The molecule has 0 radical (unpaired) electrons. The van der Waals surface area contributed by atoms with Gasteiger partial charge < -0.3 is 4.74 Å². The second kappa shape index (κ2) is 5.77. The molecule has 0 aliphatic carbocycles. The Morgan fingerprint density at radius 1 is 1.32 bits per heavy atom. The fraction of sp³-hybridized carbons (Fsp3) is 0.188. The number of benzene rings is 1. The van der Waals surface area contributed by atoms with Crippen LogP contribution in [0, 0.1) is 6.92 Å². The van der Waals surface area contributed by atoms with Crippen molar-refractivity contribution in [2.24, 2.45) is 0 Å². The van der Waals surface area contributed by atoms with E-state index in [1.807, 2.05) is 19.9 Å². The van der Waals surface area contributed by atoms with Gasteiger partial charge in [-0.2, -0.15) is 5.10 Å². The topological polar surface area (TPSA) is 67.9 Å². The number of ether oxygens (including phenoxy) is 1. The summed E-state index contributed by atoms with van der Waals surface area (Å²) in [6.07, 6.45) is 3.68. The monoisotopic (exact) mass is 315 g/mol. The number of aromatic nitrogens is 3. The zero-order chi connectivity index (χ0) is 15.7. The van der Waals surface area contributed by atoms with E-state index in [0.717, 1.165) is 28.6 Å². The number of nitrogens with zero attached hydrogens (tertiary/aromatic N) is 2. The number of fused-ring (bicyclic) bond motifs is 1. The van der Waals surface area contributed by atoms with Crippen molar-refractivity contribution in [2.75, 3.05) is 0 Å². The van der Waals surface area contributed by atoms with Crippen molar-refractivity contribution in [3.05, 3.63) is 52.4 Å². The number of hydrogen-bond donors (Lipinski definition) is 1. The van der Waals surface area contributed by atoms with E-state index < -0.39 is 5.97 Å². The fourth-order valence-electron chi connectivity index (χ4n) is 2.38. The molecule has 2 aromatic heterocycles. The van der Waals surface area contributed by atoms with E-state index in [1.165, 1.54) is 12.4 Å². The normalized spacial score (nSPS) is 10.9. The van der Waals surface area contributed by atoms with E-state index in [0.29, 0.717) is 16.3 Å². The molecule has 0 aliphatic rings. The summed E-state index contributed by atoms with van der Waals surface area (Å²) in [4.78, 5) is 16.4. The van der Waals surface area contributed by atoms with Gasteiger partial charge in [0.25, 0.3) is 0 Å². The number of aromatic amines is 1. The number of hydrogen-bond acceptors (Lipinski definition) is 4. The van der Waals surface area contributed by atoms with Gasteiger partial charge in [-0.05, 0) is 31.0 Å². The molecule has 6 heteroatoms. The molecule has 3 rings (SSSR count). The predicted molar refractivity (Wildman–Crippen MR) is 84.4 cm³/mol. The maximum absolute atomic E-state index is 12.5. The van der Waals surface area contributed by atoms with Crippen LogP contribution in [0.15, 0.2) is 30.6 Å². The van der Waals surface area contributed by atoms with Crippen LogP contribution in [0.3, 0.4) is 0 Å². The first-order valence-corrected chi connectivity index (χ1v) is 7.26. The van der Waals surface area contributed by atoms with Crippen molar-refractivity contribution in [2.45, 2.75) is 20.3 Å². The molecular weight excluding hydrogens is 302 g/mol. The quantitative estimate of drug-likeness (QED) is 0.748. The highest BCUT2D eigenvalue weighted by Gasteiger charge is 2.18. The Kier molecular flexibility index (Phi) is 3.81. The van der Waals surface area contributed by atoms with E-state index in [1.54, 1.807) is 12.1 Å². The molecule has 0 aliphatic heterocycles. The molecule has 5 nitrogen and oxygen atoms in total. The first-order chi connectivity index (χ1) is 10.6. The lowest BCUT2D eigenvalue weighted by atomic mass is 10.0. The molecule has 0 atom stereocenters. The van der Waals surface area contributed by atoms with Crippen molar-refractivity contribution in [3.63, 3.8) is 0 Å². The number of esters is 1. The average Bonchev–Trinajstić information content (AvgIpc) is 2.89. The molecule has 0 fully saturated rings. The number of H-pyrrole nitrogens is 1. The summed E-state index contributed by atoms with van der Waals surface area (Å²) >= 11 is 5.86. The van der Waals surface area contributed by atoms with Gasteiger partial charge in [0.2, 0.25) is 0 Å². The van der Waals surface area contributed by atoms with Gasteiger partial charge in [-0.3, -0.25) is 10.1 Å². The predicted octanol–water partition coefficient (Wildman–Crippen LogP) is 3.70. The second-order valence-corrected chi connectivity index (χ2v) is 5.43. The standard InChI is InChI=1S/C16H14ClN3O2/c1-3-13-15-12(4-9(2)5-14(15)20-19-13)16(21)22-11-6-10(17)7-18-8-11/h4-8H,3H2,1-2H3,(H,19,20). The van der Waals surface area contributed by atoms with Crippen molar-refractivity contribution >= 4 is 28.5 Å². The van der Waals surface area contributed by atoms with Gasteiger partial charge in [0, 0.05) is 23.3 Å². The maximum atomic E-state index is 12.5. The van der Waals surface area contributed by atoms with Crippen molar-refractivity contribution in [1.82, 2.24) is 15.2 Å². The Hall–Kier alpha value is -2.40. The largest absolute Gasteiger partial charge is 0.421 e. The lowest BCUT2D eigenvalue weighted by molar-refractivity contribution is 0.0736. The smallest absolute Gasteiger partial charge is 0.344 e. The van der Waals surface area contributed by atoms with Crippen molar-refractivity contribution in [1.29, 1.82) is 0 Å². The summed E-state index contributed by atoms with van der Waals surface area (Å²) in [5.41, 5.74) is 3.09. The second-order valence-electron chi connectivity index (χ2n) is 4.99. The molecule has 112 valence electrons. The molecule has 0 spiro atoms. The lowest BCUT2D eigenvalue weighted by Crippen LogP contribution is -2.10. The van der Waals surface area contributed by atoms with Crippen LogP contribution in [0.25, 0.3) is 10.9 Å². The third-order valence-corrected chi connectivity index (χ3v) is 3.55. The van der Waals surface area contributed by atoms with Gasteiger partial charge in [-0.25, -0.2) is 4.79 Å². The van der Waals surface area contributed by atoms with Gasteiger partial charge in [0.05, 0.1) is 22.3 Å². The summed E-state index contributed by atoms with van der Waals surface area (Å²) in [6, 6.07) is 5.29. The van der Waals surface area contributed by atoms with Crippen LogP contribution in [0.1, 0.15) is 28.5 Å². The van der Waals surface area contributed by atoms with Crippen molar-refractivity contribution < 1.29 is 9.53 Å². The number of rotatable bonds is 3. The Labute approximate surface area is 132 Å². The fourth-order valence-corrected chi connectivity index (χ4v) is 2.55. The van der Waals surface area contributed by atoms with Crippen LogP contribution in [-0.2, 0) is 6.42 Å². The van der Waals surface area contributed by atoms with E-state index in [9.17, 15) is 4.79 Å². The molecule has 0 bridgehead atoms. The molecule has 22 heavy (non-hydrogen) atoms. The summed E-state index contributed by atoms with van der Waals surface area (Å²) in [6.45, 7) is 3.92. The van der Waals surface area contributed by atoms with E-state index in [2.05, 4.69) is 15.2 Å². The number of halogens is 1. The molecule has 0 saturated heterocycles. The number of pyridine rings is 1. The summed E-state index contributed by atoms with van der Waals surface area (Å²) in [7, 11) is 0. The third-order valence-electron chi connectivity index (χ3n) is 3.34. The first kappa shape index (κ1) is 14.5. The highest BCUT2D eigenvalue weighted by atomic mass is 35.5. The van der Waals surface area contributed by atoms with Gasteiger partial charge in [-0.15, -0.1) is 0 Å². The number of carbonyl (C=O) groups excluding carboxylic acids is 1. The van der Waals surface area contributed by atoms with E-state index in [4.69, 9.17) is 16.3 Å². The maximum Gasteiger partial charge on any atom is 0.344 e. The number of carbonyl (C=O) groups is 1. The highest BCUT2D eigenvalue weighted by molar-refractivity contribution is 6.30. The number of aryl methyl sites for hydroxylation is 2. The Balaban J connectivity index is 2.05. The minimum Gasteiger partial charge on any atom is -0.421 e. The molecule has 1 N–H and O–H groups in total. The molecule has 2 heterocycles. The molecular formula is C16H14ClN3O2. The number of nitrogens with one attached hydrogen (secondary N) is 1. The first-order valence-electron chi connectivity index (χ1n) is 6.89. The Morgan fingerprint density at radius 2 is 2.14 bits per heavy atom. The third kappa shape index (κ3) is 2.67. The average molecular weight is 316 g/mol. The van der Waals surface area contributed by atoms with Crippen LogP contribution < -0.4 is 4.74 Å². The molecule has 3 aromatic rings. The summed E-state index contributed by atoms with van der Waals surface area (Å²) in [5, 5.41) is 8.43. The molecule has 0 unspecified atom stereocenters. The summed E-state index contributed by atoms with van der Waals surface area (Å²) in [5.74, 6) is -0.137. The van der Waals surface area contributed by atoms with Crippen molar-refractivity contribution in [3.8, 4) is 5.75 Å². The molecule has 0 saturated carbocycles. The SMILES string of the molecule is CCc1[nH]nc2cc(C)cc(C(=O)Oc3cncc(Cl)c3)c12. The van der Waals surface area contributed by atoms with Gasteiger partial charge >= 0.3 is 5.97 Å². The van der Waals surface area contributed by atoms with Crippen LogP contribution in [0.5, 0.6) is 5.75 Å². The minimum atomic E-state index is -0.450. The Morgan fingerprint density at radius 3 is 2.86 bits per heavy atom. The zero-order valence-corrected chi connectivity index (χ0v) is 12.9. The minimum absolute atomic E-state index is 0.314. The van der Waals surface area contributed by atoms with E-state index in [-0.39, 0.29) is 0 Å². The van der Waals surface area contributed by atoms with Crippen LogP contribution in [0.4, 0.5) is 0 Å². The van der Waals surface area contributed by atoms with Gasteiger partial charge in [0.1, 0.15) is 0 Å². The molecule has 0 amide bonds. The van der Waals surface area contributed by atoms with Crippen LogP contribution in [-0.4, -0.2) is 21.2 Å².